The van der Waals surface area contributed by atoms with Crippen LogP contribution in [0.3, 0.4) is 0 Å². The van der Waals surface area contributed by atoms with Gasteiger partial charge in [0, 0.05) is 38.7 Å². The molecule has 0 radical (unpaired) electrons. The summed E-state index contributed by atoms with van der Waals surface area (Å²) < 4.78 is 11.3. The number of rotatable bonds is 5. The molecular formula is C22H23ClN2O4. The smallest absolute Gasteiger partial charge is 0.251 e. The molecule has 29 heavy (non-hydrogen) atoms. The van der Waals surface area contributed by atoms with E-state index >= 15 is 0 Å². The number of likely N-dealkylation sites (N-methyl/N-ethyl adjacent to an activating group) is 1. The monoisotopic (exact) mass is 414 g/mol. The number of ether oxygens (including phenoxy) is 2. The van der Waals surface area contributed by atoms with Gasteiger partial charge in [-0.05, 0) is 41.5 Å². The summed E-state index contributed by atoms with van der Waals surface area (Å²) in [4.78, 5) is 25.6. The molecule has 1 N–H and O–H groups in total. The Labute approximate surface area is 175 Å². The summed E-state index contributed by atoms with van der Waals surface area (Å²) in [5.41, 5.74) is 2.27. The molecule has 0 aliphatic carbocycles. The minimum absolute atomic E-state index is 0.141. The van der Waals surface area contributed by atoms with Gasteiger partial charge < -0.3 is 19.7 Å². The summed E-state index contributed by atoms with van der Waals surface area (Å²) in [5, 5.41) is 3.04. The van der Waals surface area contributed by atoms with Gasteiger partial charge in [-0.2, -0.15) is 0 Å². The van der Waals surface area contributed by atoms with Crippen LogP contribution in [0.15, 0.2) is 42.5 Å². The van der Waals surface area contributed by atoms with E-state index in [1.807, 2.05) is 18.2 Å². The minimum Gasteiger partial charge on any atom is -0.489 e. The van der Waals surface area contributed by atoms with Gasteiger partial charge in [0.05, 0.1) is 18.2 Å². The van der Waals surface area contributed by atoms with Crippen LogP contribution in [0.1, 0.15) is 27.9 Å². The van der Waals surface area contributed by atoms with E-state index in [1.54, 1.807) is 43.3 Å². The number of fused-ring (bicyclic) bond motifs is 1. The van der Waals surface area contributed by atoms with E-state index in [9.17, 15) is 9.59 Å². The maximum Gasteiger partial charge on any atom is 0.251 e. The van der Waals surface area contributed by atoms with Crippen molar-refractivity contribution in [2.45, 2.75) is 13.0 Å². The number of nitrogens with zero attached hydrogens (tertiary/aromatic N) is 1. The highest BCUT2D eigenvalue weighted by molar-refractivity contribution is 6.32. The van der Waals surface area contributed by atoms with Crippen molar-refractivity contribution in [3.63, 3.8) is 0 Å². The highest BCUT2D eigenvalue weighted by Gasteiger charge is 2.15. The number of carbonyl (C=O) groups is 2. The van der Waals surface area contributed by atoms with Crippen LogP contribution in [0.25, 0.3) is 6.08 Å². The topological polar surface area (TPSA) is 67.9 Å². The van der Waals surface area contributed by atoms with Gasteiger partial charge >= 0.3 is 0 Å². The zero-order chi connectivity index (χ0) is 20.8. The number of halogens is 1. The SMILES string of the molecule is CNC(=O)c1ccc(CN(C)C(=O)/C=C/c2cc(Cl)c3c(c2)OCCCO3)cc1. The van der Waals surface area contributed by atoms with Crippen LogP contribution in [-0.2, 0) is 11.3 Å². The third-order valence-electron chi connectivity index (χ3n) is 4.48. The van der Waals surface area contributed by atoms with E-state index in [4.69, 9.17) is 21.1 Å². The van der Waals surface area contributed by atoms with Crippen molar-refractivity contribution in [2.75, 3.05) is 27.3 Å². The molecule has 152 valence electrons. The first-order valence-corrected chi connectivity index (χ1v) is 9.69. The van der Waals surface area contributed by atoms with Crippen LogP contribution in [0.2, 0.25) is 5.02 Å². The van der Waals surface area contributed by atoms with Crippen LogP contribution < -0.4 is 14.8 Å². The third kappa shape index (κ3) is 5.29. The summed E-state index contributed by atoms with van der Waals surface area (Å²) in [5.74, 6) is 0.845. The molecule has 2 amide bonds. The van der Waals surface area contributed by atoms with Gasteiger partial charge in [-0.25, -0.2) is 0 Å². The number of hydrogen-bond donors (Lipinski definition) is 1. The summed E-state index contributed by atoms with van der Waals surface area (Å²) in [6, 6.07) is 10.7. The van der Waals surface area contributed by atoms with Gasteiger partial charge in [-0.3, -0.25) is 9.59 Å². The molecule has 2 aromatic carbocycles. The Balaban J connectivity index is 1.65. The summed E-state index contributed by atoms with van der Waals surface area (Å²) >= 11 is 6.29. The van der Waals surface area contributed by atoms with Gasteiger partial charge in [-0.15, -0.1) is 0 Å². The van der Waals surface area contributed by atoms with Crippen LogP contribution in [-0.4, -0.2) is 44.0 Å². The predicted octanol–water partition coefficient (Wildman–Crippen LogP) is 3.53. The molecule has 2 aromatic rings. The van der Waals surface area contributed by atoms with Crippen LogP contribution in [0, 0.1) is 0 Å². The fourth-order valence-corrected chi connectivity index (χ4v) is 3.17. The van der Waals surface area contributed by atoms with E-state index in [1.165, 1.54) is 6.08 Å². The Morgan fingerprint density at radius 3 is 2.62 bits per heavy atom. The molecule has 3 rings (SSSR count). The lowest BCUT2D eigenvalue weighted by atomic mass is 10.1. The van der Waals surface area contributed by atoms with Gasteiger partial charge in [0.1, 0.15) is 0 Å². The number of benzene rings is 2. The van der Waals surface area contributed by atoms with Gasteiger partial charge in [0.25, 0.3) is 5.91 Å². The minimum atomic E-state index is -0.149. The summed E-state index contributed by atoms with van der Waals surface area (Å²) in [6.07, 6.45) is 3.99. The molecule has 0 spiro atoms. The second-order valence-electron chi connectivity index (χ2n) is 6.68. The van der Waals surface area contributed by atoms with E-state index in [2.05, 4.69) is 5.32 Å². The molecular weight excluding hydrogens is 392 g/mol. The maximum atomic E-state index is 12.5. The van der Waals surface area contributed by atoms with Crippen molar-refractivity contribution >= 4 is 29.5 Å². The normalized spacial score (nSPS) is 13.1. The number of hydrogen-bond acceptors (Lipinski definition) is 4. The van der Waals surface area contributed by atoms with E-state index in [0.29, 0.717) is 41.8 Å². The fourth-order valence-electron chi connectivity index (χ4n) is 2.90. The lowest BCUT2D eigenvalue weighted by molar-refractivity contribution is -0.125. The van der Waals surface area contributed by atoms with Crippen LogP contribution in [0.5, 0.6) is 11.5 Å². The van der Waals surface area contributed by atoms with Crippen molar-refractivity contribution in [3.05, 3.63) is 64.2 Å². The largest absolute Gasteiger partial charge is 0.489 e. The molecule has 0 atom stereocenters. The highest BCUT2D eigenvalue weighted by Crippen LogP contribution is 2.38. The molecule has 0 saturated heterocycles. The Kier molecular flexibility index (Phi) is 6.77. The second-order valence-corrected chi connectivity index (χ2v) is 7.09. The lowest BCUT2D eigenvalue weighted by Gasteiger charge is -2.15. The van der Waals surface area contributed by atoms with Crippen molar-refractivity contribution in [1.29, 1.82) is 0 Å². The Bertz CT molecular complexity index is 925. The predicted molar refractivity (Wildman–Crippen MR) is 112 cm³/mol. The first-order chi connectivity index (χ1) is 14.0. The number of nitrogens with one attached hydrogen (secondary N) is 1. The van der Waals surface area contributed by atoms with Crippen molar-refractivity contribution in [1.82, 2.24) is 10.2 Å². The molecule has 0 fully saturated rings. The molecule has 1 heterocycles. The average molecular weight is 415 g/mol. The van der Waals surface area contributed by atoms with Crippen molar-refractivity contribution < 1.29 is 19.1 Å². The molecule has 1 aliphatic rings. The lowest BCUT2D eigenvalue weighted by Crippen LogP contribution is -2.24. The molecule has 0 bridgehead atoms. The maximum absolute atomic E-state index is 12.5. The first kappa shape index (κ1) is 20.7. The van der Waals surface area contributed by atoms with E-state index < -0.39 is 0 Å². The van der Waals surface area contributed by atoms with Crippen LogP contribution >= 0.6 is 11.6 Å². The van der Waals surface area contributed by atoms with Gasteiger partial charge in [0.15, 0.2) is 11.5 Å². The Hall–Kier alpha value is -2.99. The van der Waals surface area contributed by atoms with Gasteiger partial charge in [0.2, 0.25) is 5.91 Å². The molecule has 0 aromatic heterocycles. The molecule has 0 saturated carbocycles. The zero-order valence-corrected chi connectivity index (χ0v) is 17.2. The van der Waals surface area contributed by atoms with Crippen molar-refractivity contribution in [2.24, 2.45) is 0 Å². The highest BCUT2D eigenvalue weighted by atomic mass is 35.5. The quantitative estimate of drug-likeness (QED) is 0.760. The number of carbonyl (C=O) groups excluding carboxylic acids is 2. The summed E-state index contributed by atoms with van der Waals surface area (Å²) in [6.45, 7) is 1.56. The summed E-state index contributed by atoms with van der Waals surface area (Å²) in [7, 11) is 3.31. The molecule has 1 aliphatic heterocycles. The Morgan fingerprint density at radius 2 is 1.90 bits per heavy atom. The number of amides is 2. The van der Waals surface area contributed by atoms with Crippen LogP contribution in [0.4, 0.5) is 0 Å². The second kappa shape index (κ2) is 9.47. The van der Waals surface area contributed by atoms with Crippen molar-refractivity contribution in [3.8, 4) is 11.5 Å². The third-order valence-corrected chi connectivity index (χ3v) is 4.76. The average Bonchev–Trinajstić information content (AvgIpc) is 2.98. The first-order valence-electron chi connectivity index (χ1n) is 9.31. The standard InChI is InChI=1S/C22H23ClN2O4/c1-24-22(27)17-7-4-15(5-8-17)14-25(2)20(26)9-6-16-12-18(23)21-19(13-16)28-10-3-11-29-21/h4-9,12-13H,3,10-11,14H2,1-2H3,(H,24,27)/b9-6+. The Morgan fingerprint density at radius 1 is 1.17 bits per heavy atom. The van der Waals surface area contributed by atoms with E-state index in [0.717, 1.165) is 17.5 Å². The fraction of sp³-hybridized carbons (Fsp3) is 0.273. The van der Waals surface area contributed by atoms with Gasteiger partial charge in [-0.1, -0.05) is 23.7 Å². The molecule has 7 heteroatoms. The zero-order valence-electron chi connectivity index (χ0n) is 16.4. The van der Waals surface area contributed by atoms with E-state index in [-0.39, 0.29) is 11.8 Å². The molecule has 0 unspecified atom stereocenters. The molecule has 6 nitrogen and oxygen atoms in total.